The van der Waals surface area contributed by atoms with E-state index in [1.54, 1.807) is 25.1 Å². The minimum atomic E-state index is -3.62. The van der Waals surface area contributed by atoms with Crippen LogP contribution in [-0.2, 0) is 19.6 Å². The molecule has 0 heterocycles. The van der Waals surface area contributed by atoms with Crippen molar-refractivity contribution in [3.8, 4) is 0 Å². The Labute approximate surface area is 147 Å². The Kier molecular flexibility index (Phi) is 5.64. The number of hydrogen-bond donors (Lipinski definition) is 2. The zero-order valence-corrected chi connectivity index (χ0v) is 15.2. The maximum Gasteiger partial charge on any atom is 0.307 e. The largest absolute Gasteiger partial charge is 0.481 e. The second-order valence-corrected chi connectivity index (χ2v) is 8.40. The standard InChI is InChI=1S/C17H22N2O5S/c1-11-8-9-12(25(23,24)19(2)3)10-15(11)18-16(20)13-6-4-5-7-14(13)17(21)22/h4-5,8-10,13-14H,6-7H2,1-3H3,(H,18,20)(H,21,22)/t13-,14-/m1/s1. The van der Waals surface area contributed by atoms with Crippen LogP contribution in [0.4, 0.5) is 5.69 Å². The van der Waals surface area contributed by atoms with Gasteiger partial charge in [0.2, 0.25) is 15.9 Å². The highest BCUT2D eigenvalue weighted by molar-refractivity contribution is 7.89. The molecular formula is C17H22N2O5S. The van der Waals surface area contributed by atoms with Gasteiger partial charge in [0.1, 0.15) is 0 Å². The minimum Gasteiger partial charge on any atom is -0.481 e. The molecule has 0 aliphatic heterocycles. The van der Waals surface area contributed by atoms with Gasteiger partial charge < -0.3 is 10.4 Å². The lowest BCUT2D eigenvalue weighted by Gasteiger charge is -2.24. The summed E-state index contributed by atoms with van der Waals surface area (Å²) in [5.41, 5.74) is 1.07. The van der Waals surface area contributed by atoms with Gasteiger partial charge in [-0.05, 0) is 37.5 Å². The number of anilines is 1. The normalized spacial score (nSPS) is 20.5. The van der Waals surface area contributed by atoms with E-state index in [1.807, 2.05) is 0 Å². The molecule has 0 saturated carbocycles. The maximum atomic E-state index is 12.6. The number of rotatable bonds is 5. The number of benzene rings is 1. The van der Waals surface area contributed by atoms with Gasteiger partial charge >= 0.3 is 5.97 Å². The number of sulfonamides is 1. The second-order valence-electron chi connectivity index (χ2n) is 6.25. The van der Waals surface area contributed by atoms with Crippen LogP contribution in [0.2, 0.25) is 0 Å². The highest BCUT2D eigenvalue weighted by Crippen LogP contribution is 2.28. The van der Waals surface area contributed by atoms with E-state index in [2.05, 4.69) is 5.32 Å². The Morgan fingerprint density at radius 3 is 2.32 bits per heavy atom. The van der Waals surface area contributed by atoms with Crippen molar-refractivity contribution < 1.29 is 23.1 Å². The van der Waals surface area contributed by atoms with Crippen LogP contribution in [0.5, 0.6) is 0 Å². The van der Waals surface area contributed by atoms with Crippen molar-refractivity contribution in [1.29, 1.82) is 0 Å². The topological polar surface area (TPSA) is 104 Å². The number of hydrogen-bond acceptors (Lipinski definition) is 4. The van der Waals surface area contributed by atoms with Crippen molar-refractivity contribution in [2.45, 2.75) is 24.7 Å². The van der Waals surface area contributed by atoms with Crippen LogP contribution in [0.1, 0.15) is 18.4 Å². The van der Waals surface area contributed by atoms with Crippen LogP contribution < -0.4 is 5.32 Å². The third kappa shape index (κ3) is 4.08. The molecule has 0 spiro atoms. The Balaban J connectivity index is 2.29. The van der Waals surface area contributed by atoms with E-state index >= 15 is 0 Å². The number of nitrogens with one attached hydrogen (secondary N) is 1. The molecule has 0 aromatic heterocycles. The number of allylic oxidation sites excluding steroid dienone is 2. The van der Waals surface area contributed by atoms with Crippen molar-refractivity contribution in [3.63, 3.8) is 0 Å². The van der Waals surface area contributed by atoms with Crippen LogP contribution in [0, 0.1) is 18.8 Å². The van der Waals surface area contributed by atoms with Gasteiger partial charge in [-0.2, -0.15) is 0 Å². The summed E-state index contributed by atoms with van der Waals surface area (Å²) >= 11 is 0. The summed E-state index contributed by atoms with van der Waals surface area (Å²) in [6, 6.07) is 4.49. The molecule has 2 N–H and O–H groups in total. The Morgan fingerprint density at radius 1 is 1.16 bits per heavy atom. The quantitative estimate of drug-likeness (QED) is 0.774. The number of amides is 1. The van der Waals surface area contributed by atoms with Crippen molar-refractivity contribution in [2.75, 3.05) is 19.4 Å². The molecule has 0 bridgehead atoms. The number of aryl methyl sites for hydroxylation is 1. The monoisotopic (exact) mass is 366 g/mol. The Hall–Kier alpha value is -2.19. The number of carboxylic acid groups (broad SMARTS) is 1. The lowest BCUT2D eigenvalue weighted by Crippen LogP contribution is -2.35. The van der Waals surface area contributed by atoms with Gasteiger partial charge in [0.15, 0.2) is 0 Å². The number of carbonyl (C=O) groups excluding carboxylic acids is 1. The molecule has 2 atom stereocenters. The first-order chi connectivity index (χ1) is 11.6. The number of carboxylic acids is 1. The average molecular weight is 366 g/mol. The molecule has 7 nitrogen and oxygen atoms in total. The molecule has 1 aromatic carbocycles. The van der Waals surface area contributed by atoms with Gasteiger partial charge in [-0.1, -0.05) is 18.2 Å². The third-order valence-corrected chi connectivity index (χ3v) is 6.14. The number of nitrogens with zero attached hydrogens (tertiary/aromatic N) is 1. The number of aliphatic carboxylic acids is 1. The molecule has 136 valence electrons. The van der Waals surface area contributed by atoms with E-state index in [0.29, 0.717) is 24.1 Å². The van der Waals surface area contributed by atoms with Crippen molar-refractivity contribution >= 4 is 27.6 Å². The average Bonchev–Trinajstić information content (AvgIpc) is 2.56. The van der Waals surface area contributed by atoms with Crippen LogP contribution in [0.25, 0.3) is 0 Å². The van der Waals surface area contributed by atoms with E-state index in [4.69, 9.17) is 0 Å². The second kappa shape index (κ2) is 7.37. The SMILES string of the molecule is Cc1ccc(S(=O)(=O)N(C)C)cc1NC(=O)[C@@H]1CC=CC[C@H]1C(=O)O. The van der Waals surface area contributed by atoms with E-state index < -0.39 is 33.7 Å². The van der Waals surface area contributed by atoms with Crippen LogP contribution >= 0.6 is 0 Å². The fourth-order valence-corrected chi connectivity index (χ4v) is 3.64. The minimum absolute atomic E-state index is 0.0664. The first-order valence-corrected chi connectivity index (χ1v) is 9.30. The fourth-order valence-electron chi connectivity index (χ4n) is 2.71. The summed E-state index contributed by atoms with van der Waals surface area (Å²) in [5, 5.41) is 12.0. The van der Waals surface area contributed by atoms with Crippen molar-refractivity contribution in [3.05, 3.63) is 35.9 Å². The molecule has 8 heteroatoms. The van der Waals surface area contributed by atoms with Gasteiger partial charge in [-0.25, -0.2) is 12.7 Å². The van der Waals surface area contributed by atoms with Gasteiger partial charge in [0.25, 0.3) is 0 Å². The van der Waals surface area contributed by atoms with Gasteiger partial charge in [0.05, 0.1) is 16.7 Å². The summed E-state index contributed by atoms with van der Waals surface area (Å²) in [7, 11) is -0.765. The predicted octanol–water partition coefficient (Wildman–Crippen LogP) is 1.85. The summed E-state index contributed by atoms with van der Waals surface area (Å²) in [4.78, 5) is 24.0. The molecule has 0 fully saturated rings. The highest BCUT2D eigenvalue weighted by Gasteiger charge is 2.34. The lowest BCUT2D eigenvalue weighted by atomic mass is 9.82. The highest BCUT2D eigenvalue weighted by atomic mass is 32.2. The molecule has 1 amide bonds. The first kappa shape index (κ1) is 19.1. The van der Waals surface area contributed by atoms with E-state index in [0.717, 1.165) is 4.31 Å². The smallest absolute Gasteiger partial charge is 0.307 e. The van der Waals surface area contributed by atoms with Gasteiger partial charge in [0, 0.05) is 19.8 Å². The summed E-state index contributed by atoms with van der Waals surface area (Å²) < 4.78 is 25.6. The first-order valence-electron chi connectivity index (χ1n) is 7.86. The Bertz CT molecular complexity index is 814. The zero-order chi connectivity index (χ0) is 18.8. The molecule has 0 unspecified atom stereocenters. The molecule has 2 rings (SSSR count). The summed E-state index contributed by atoms with van der Waals surface area (Å²) in [6.07, 6.45) is 4.21. The van der Waals surface area contributed by atoms with E-state index in [-0.39, 0.29) is 4.90 Å². The fraction of sp³-hybridized carbons (Fsp3) is 0.412. The third-order valence-electron chi connectivity index (χ3n) is 4.33. The molecule has 1 aliphatic rings. The zero-order valence-electron chi connectivity index (χ0n) is 14.4. The van der Waals surface area contributed by atoms with Crippen molar-refractivity contribution in [2.24, 2.45) is 11.8 Å². The maximum absolute atomic E-state index is 12.6. The van der Waals surface area contributed by atoms with Crippen LogP contribution in [0.3, 0.4) is 0 Å². The van der Waals surface area contributed by atoms with Crippen LogP contribution in [-0.4, -0.2) is 43.8 Å². The molecule has 25 heavy (non-hydrogen) atoms. The molecule has 0 saturated heterocycles. The molecule has 1 aliphatic carbocycles. The predicted molar refractivity (Wildman–Crippen MR) is 93.7 cm³/mol. The van der Waals surface area contributed by atoms with Gasteiger partial charge in [-0.15, -0.1) is 0 Å². The summed E-state index contributed by atoms with van der Waals surface area (Å²) in [5.74, 6) is -2.89. The lowest BCUT2D eigenvalue weighted by molar-refractivity contribution is -0.146. The van der Waals surface area contributed by atoms with E-state index in [1.165, 1.54) is 26.2 Å². The van der Waals surface area contributed by atoms with Crippen molar-refractivity contribution in [1.82, 2.24) is 4.31 Å². The van der Waals surface area contributed by atoms with Gasteiger partial charge in [-0.3, -0.25) is 9.59 Å². The Morgan fingerprint density at radius 2 is 1.76 bits per heavy atom. The van der Waals surface area contributed by atoms with E-state index in [9.17, 15) is 23.1 Å². The molecule has 1 aromatic rings. The molecular weight excluding hydrogens is 344 g/mol. The number of carbonyl (C=O) groups is 2. The van der Waals surface area contributed by atoms with Crippen LogP contribution in [0.15, 0.2) is 35.2 Å². The molecule has 0 radical (unpaired) electrons. The summed E-state index contributed by atoms with van der Waals surface area (Å²) in [6.45, 7) is 1.75.